The quantitative estimate of drug-likeness (QED) is 0.409. The van der Waals surface area contributed by atoms with E-state index in [2.05, 4.69) is 4.74 Å². The summed E-state index contributed by atoms with van der Waals surface area (Å²) >= 11 is 0. The van der Waals surface area contributed by atoms with Crippen LogP contribution < -0.4 is 9.64 Å². The Bertz CT molecular complexity index is 988. The molecule has 0 aromatic heterocycles. The van der Waals surface area contributed by atoms with Crippen molar-refractivity contribution in [1.82, 2.24) is 0 Å². The number of para-hydroxylation sites is 2. The zero-order valence-corrected chi connectivity index (χ0v) is 15.2. The van der Waals surface area contributed by atoms with E-state index in [9.17, 15) is 18.8 Å². The van der Waals surface area contributed by atoms with Gasteiger partial charge in [0.25, 0.3) is 5.91 Å². The molecule has 0 heterocycles. The number of rotatable bonds is 6. The number of halogens is 2. The van der Waals surface area contributed by atoms with E-state index in [1.165, 1.54) is 35.2 Å². The molecule has 3 aromatic rings. The number of nitriles is 1. The average Bonchev–Trinajstić information content (AvgIpc) is 2.74. The summed E-state index contributed by atoms with van der Waals surface area (Å²) in [5.74, 6) is -0.505. The van der Waals surface area contributed by atoms with Crippen LogP contribution in [0.25, 0.3) is 6.08 Å². The zero-order chi connectivity index (χ0) is 20.6. The summed E-state index contributed by atoms with van der Waals surface area (Å²) in [5.41, 5.74) is 1.65. The van der Waals surface area contributed by atoms with Gasteiger partial charge in [-0.2, -0.15) is 14.0 Å². The van der Waals surface area contributed by atoms with E-state index in [0.29, 0.717) is 16.9 Å². The molecule has 3 aromatic carbocycles. The monoisotopic (exact) mass is 390 g/mol. The molecular weight excluding hydrogens is 374 g/mol. The minimum atomic E-state index is -2.92. The molecule has 1 amide bonds. The third-order valence-electron chi connectivity index (χ3n) is 4.00. The maximum atomic E-state index is 13.2. The second-order valence-electron chi connectivity index (χ2n) is 5.93. The minimum Gasteiger partial charge on any atom is -0.435 e. The SMILES string of the molecule is N#C/C(=C\c1ccc(OC(F)F)cc1)C(=O)N(c1ccccc1)c1ccccc1. The maximum absolute atomic E-state index is 13.2. The Kier molecular flexibility index (Phi) is 6.33. The largest absolute Gasteiger partial charge is 0.435 e. The third-order valence-corrected chi connectivity index (χ3v) is 4.00. The molecule has 144 valence electrons. The lowest BCUT2D eigenvalue weighted by Gasteiger charge is -2.22. The standard InChI is InChI=1S/C23H16F2N2O2/c24-23(25)29-21-13-11-17(12-14-21)15-18(16-26)22(28)27(19-7-3-1-4-8-19)20-9-5-2-6-10-20/h1-15,23H/b18-15+. The predicted molar refractivity (Wildman–Crippen MR) is 107 cm³/mol. The molecule has 0 unspecified atom stereocenters. The number of carbonyl (C=O) groups excluding carboxylic acids is 1. The van der Waals surface area contributed by atoms with E-state index in [-0.39, 0.29) is 11.3 Å². The van der Waals surface area contributed by atoms with Crippen molar-refractivity contribution < 1.29 is 18.3 Å². The highest BCUT2D eigenvalue weighted by atomic mass is 19.3. The molecule has 6 heteroatoms. The van der Waals surface area contributed by atoms with Crippen molar-refractivity contribution in [3.63, 3.8) is 0 Å². The van der Waals surface area contributed by atoms with Crippen LogP contribution in [-0.4, -0.2) is 12.5 Å². The highest BCUT2D eigenvalue weighted by molar-refractivity contribution is 6.15. The average molecular weight is 390 g/mol. The molecule has 0 radical (unpaired) electrons. The van der Waals surface area contributed by atoms with Gasteiger partial charge in [0.2, 0.25) is 0 Å². The second-order valence-corrected chi connectivity index (χ2v) is 5.93. The van der Waals surface area contributed by atoms with Crippen LogP contribution in [0, 0.1) is 11.3 Å². The molecular formula is C23H16F2N2O2. The van der Waals surface area contributed by atoms with Crippen LogP contribution in [0.4, 0.5) is 20.2 Å². The van der Waals surface area contributed by atoms with Gasteiger partial charge in [0.05, 0.1) is 0 Å². The molecule has 4 nitrogen and oxygen atoms in total. The Hall–Kier alpha value is -3.98. The van der Waals surface area contributed by atoms with Crippen molar-refractivity contribution in [2.45, 2.75) is 6.61 Å². The number of benzene rings is 3. The Morgan fingerprint density at radius 2 is 1.41 bits per heavy atom. The van der Waals surface area contributed by atoms with Crippen LogP contribution in [0.15, 0.2) is 90.5 Å². The lowest BCUT2D eigenvalue weighted by Crippen LogP contribution is -2.27. The van der Waals surface area contributed by atoms with E-state index in [1.807, 2.05) is 18.2 Å². The van der Waals surface area contributed by atoms with E-state index in [0.717, 1.165) is 0 Å². The van der Waals surface area contributed by atoms with Crippen molar-refractivity contribution in [2.75, 3.05) is 4.90 Å². The molecule has 29 heavy (non-hydrogen) atoms. The lowest BCUT2D eigenvalue weighted by atomic mass is 10.1. The first-order chi connectivity index (χ1) is 14.1. The Morgan fingerprint density at radius 3 is 1.86 bits per heavy atom. The number of nitrogens with zero attached hydrogens (tertiary/aromatic N) is 2. The van der Waals surface area contributed by atoms with Crippen molar-refractivity contribution in [2.24, 2.45) is 0 Å². The zero-order valence-electron chi connectivity index (χ0n) is 15.2. The van der Waals surface area contributed by atoms with Gasteiger partial charge in [0, 0.05) is 11.4 Å². The van der Waals surface area contributed by atoms with Crippen molar-refractivity contribution in [1.29, 1.82) is 5.26 Å². The normalized spacial score (nSPS) is 11.0. The van der Waals surface area contributed by atoms with Gasteiger partial charge in [-0.05, 0) is 48.0 Å². The molecule has 0 aliphatic heterocycles. The predicted octanol–water partition coefficient (Wildman–Crippen LogP) is 5.56. The van der Waals surface area contributed by atoms with Gasteiger partial charge in [-0.15, -0.1) is 0 Å². The first kappa shape index (κ1) is 19.8. The summed E-state index contributed by atoms with van der Waals surface area (Å²) in [6, 6.07) is 25.6. The fraction of sp³-hybridized carbons (Fsp3) is 0.0435. The van der Waals surface area contributed by atoms with Gasteiger partial charge in [0.1, 0.15) is 17.4 Å². The minimum absolute atomic E-state index is 0.00261. The molecule has 0 atom stereocenters. The number of hydrogen-bond donors (Lipinski definition) is 0. The summed E-state index contributed by atoms with van der Waals surface area (Å²) in [4.78, 5) is 14.7. The second kappa shape index (κ2) is 9.29. The van der Waals surface area contributed by atoms with Crippen LogP contribution in [-0.2, 0) is 4.79 Å². The Balaban J connectivity index is 1.95. The molecule has 0 saturated heterocycles. The molecule has 0 aliphatic carbocycles. The van der Waals surface area contributed by atoms with Gasteiger partial charge in [0.15, 0.2) is 0 Å². The van der Waals surface area contributed by atoms with Crippen LogP contribution in [0.2, 0.25) is 0 Å². The molecule has 0 fully saturated rings. The number of alkyl halides is 2. The lowest BCUT2D eigenvalue weighted by molar-refractivity contribution is -0.114. The third kappa shape index (κ3) is 5.05. The number of amides is 1. The number of ether oxygens (including phenoxy) is 1. The molecule has 0 aliphatic rings. The van der Waals surface area contributed by atoms with E-state index >= 15 is 0 Å². The summed E-state index contributed by atoms with van der Waals surface area (Å²) in [5, 5.41) is 9.58. The van der Waals surface area contributed by atoms with E-state index < -0.39 is 12.5 Å². The van der Waals surface area contributed by atoms with Crippen LogP contribution in [0.1, 0.15) is 5.56 Å². The highest BCUT2D eigenvalue weighted by Crippen LogP contribution is 2.27. The maximum Gasteiger partial charge on any atom is 0.387 e. The van der Waals surface area contributed by atoms with Crippen molar-refractivity contribution in [3.05, 3.63) is 96.1 Å². The molecule has 0 spiro atoms. The van der Waals surface area contributed by atoms with Gasteiger partial charge in [-0.3, -0.25) is 9.69 Å². The van der Waals surface area contributed by atoms with Gasteiger partial charge >= 0.3 is 6.61 Å². The summed E-state index contributed by atoms with van der Waals surface area (Å²) in [7, 11) is 0. The Labute approximate surface area is 166 Å². The van der Waals surface area contributed by atoms with E-state index in [1.54, 1.807) is 48.5 Å². The van der Waals surface area contributed by atoms with Gasteiger partial charge in [-0.1, -0.05) is 48.5 Å². The molecule has 0 bridgehead atoms. The molecule has 3 rings (SSSR count). The molecule has 0 saturated carbocycles. The van der Waals surface area contributed by atoms with Crippen LogP contribution >= 0.6 is 0 Å². The smallest absolute Gasteiger partial charge is 0.387 e. The first-order valence-corrected chi connectivity index (χ1v) is 8.69. The summed E-state index contributed by atoms with van der Waals surface area (Å²) < 4.78 is 28.9. The Morgan fingerprint density at radius 1 is 0.897 bits per heavy atom. The summed E-state index contributed by atoms with van der Waals surface area (Å²) in [6.45, 7) is -2.92. The number of carbonyl (C=O) groups is 1. The van der Waals surface area contributed by atoms with Crippen LogP contribution in [0.3, 0.4) is 0 Å². The van der Waals surface area contributed by atoms with E-state index in [4.69, 9.17) is 0 Å². The number of anilines is 2. The van der Waals surface area contributed by atoms with Gasteiger partial charge in [-0.25, -0.2) is 0 Å². The molecule has 0 N–H and O–H groups in total. The number of hydrogen-bond acceptors (Lipinski definition) is 3. The highest BCUT2D eigenvalue weighted by Gasteiger charge is 2.21. The van der Waals surface area contributed by atoms with Crippen molar-refractivity contribution >= 4 is 23.4 Å². The fourth-order valence-electron chi connectivity index (χ4n) is 2.71. The summed E-state index contributed by atoms with van der Waals surface area (Å²) in [6.07, 6.45) is 1.41. The fourth-order valence-corrected chi connectivity index (χ4v) is 2.71. The van der Waals surface area contributed by atoms with Crippen LogP contribution in [0.5, 0.6) is 5.75 Å². The topological polar surface area (TPSA) is 53.3 Å². The van der Waals surface area contributed by atoms with Gasteiger partial charge < -0.3 is 4.74 Å². The van der Waals surface area contributed by atoms with Crippen molar-refractivity contribution in [3.8, 4) is 11.8 Å². The first-order valence-electron chi connectivity index (χ1n) is 8.69.